The highest BCUT2D eigenvalue weighted by Crippen LogP contribution is 2.31. The van der Waals surface area contributed by atoms with Crippen LogP contribution in [-0.4, -0.2) is 5.11 Å². The fourth-order valence-corrected chi connectivity index (χ4v) is 0.692. The Kier molecular flexibility index (Phi) is 1.05. The highest BCUT2D eigenvalue weighted by molar-refractivity contribution is 5.27. The summed E-state index contributed by atoms with van der Waals surface area (Å²) in [5.74, 6) is 0.641. The zero-order valence-corrected chi connectivity index (χ0v) is 4.57. The van der Waals surface area contributed by atoms with Crippen LogP contribution in [0.1, 0.15) is 26.2 Å². The Labute approximate surface area is 43.7 Å². The van der Waals surface area contributed by atoms with Gasteiger partial charge in [0, 0.05) is 6.42 Å². The van der Waals surface area contributed by atoms with Gasteiger partial charge in [0.2, 0.25) is 0 Å². The number of aliphatic hydroxyl groups is 1. The molecule has 0 aromatic rings. The van der Waals surface area contributed by atoms with E-state index < -0.39 is 0 Å². The summed E-state index contributed by atoms with van der Waals surface area (Å²) >= 11 is 0. The van der Waals surface area contributed by atoms with Crippen LogP contribution in [0.15, 0.2) is 11.3 Å². The van der Waals surface area contributed by atoms with Crippen molar-refractivity contribution < 1.29 is 5.11 Å². The maximum absolute atomic E-state index is 8.64. The largest absolute Gasteiger partial charge is 0.512 e. The highest BCUT2D eigenvalue weighted by Gasteiger charge is 2.17. The molecule has 1 aliphatic rings. The molecule has 1 N–H and O–H groups in total. The third-order valence-corrected chi connectivity index (χ3v) is 1.22. The van der Waals surface area contributed by atoms with Crippen molar-refractivity contribution in [3.8, 4) is 0 Å². The summed E-state index contributed by atoms with van der Waals surface area (Å²) in [5.41, 5.74) is 1.27. The molecule has 1 nitrogen and oxygen atoms in total. The first-order valence-electron chi connectivity index (χ1n) is 2.74. The summed E-state index contributed by atoms with van der Waals surface area (Å²) < 4.78 is 0. The first kappa shape index (κ1) is 4.69. The highest BCUT2D eigenvalue weighted by atomic mass is 16.3. The molecule has 0 amide bonds. The second-order valence-electron chi connectivity index (χ2n) is 1.98. The lowest BCUT2D eigenvalue weighted by molar-refractivity contribution is 0.435. The van der Waals surface area contributed by atoms with E-state index in [2.05, 4.69) is 6.92 Å². The van der Waals surface area contributed by atoms with E-state index in [4.69, 9.17) is 5.11 Å². The molecule has 0 unspecified atom stereocenters. The van der Waals surface area contributed by atoms with Crippen LogP contribution in [0.3, 0.4) is 0 Å². The summed E-state index contributed by atoms with van der Waals surface area (Å²) in [4.78, 5) is 0. The number of rotatable bonds is 2. The normalized spacial score (nSPS) is 17.9. The van der Waals surface area contributed by atoms with Crippen molar-refractivity contribution in [2.45, 2.75) is 26.2 Å². The maximum atomic E-state index is 8.64. The number of hydrogen-bond donors (Lipinski definition) is 1. The lowest BCUT2D eigenvalue weighted by Crippen LogP contribution is -1.60. The summed E-state index contributed by atoms with van der Waals surface area (Å²) in [5, 5.41) is 8.64. The summed E-state index contributed by atoms with van der Waals surface area (Å²) in [6, 6.07) is 0. The molecule has 1 rings (SSSR count). The van der Waals surface area contributed by atoms with Crippen LogP contribution in [0.2, 0.25) is 0 Å². The van der Waals surface area contributed by atoms with Crippen LogP contribution in [0.5, 0.6) is 0 Å². The number of hydrogen-bond acceptors (Lipinski definition) is 1. The molecular weight excluding hydrogens is 88.1 g/mol. The van der Waals surface area contributed by atoms with Gasteiger partial charge in [-0.1, -0.05) is 13.3 Å². The molecule has 40 valence electrons. The molecule has 0 fully saturated rings. The van der Waals surface area contributed by atoms with E-state index in [1.807, 2.05) is 0 Å². The molecule has 0 bridgehead atoms. The van der Waals surface area contributed by atoms with Crippen molar-refractivity contribution >= 4 is 0 Å². The van der Waals surface area contributed by atoms with Crippen molar-refractivity contribution in [1.29, 1.82) is 0 Å². The lowest BCUT2D eigenvalue weighted by atomic mass is 10.3. The third kappa shape index (κ3) is 0.952. The van der Waals surface area contributed by atoms with Gasteiger partial charge in [0.25, 0.3) is 0 Å². The first-order chi connectivity index (χ1) is 3.34. The third-order valence-electron chi connectivity index (χ3n) is 1.22. The molecular formula is C6H10O. The standard InChI is InChI=1S/C6H10O/c1-2-3-5-4-6(5)7/h7H,2-4H2,1H3. The summed E-state index contributed by atoms with van der Waals surface area (Å²) in [6.07, 6.45) is 3.17. The van der Waals surface area contributed by atoms with Crippen LogP contribution in [0, 0.1) is 0 Å². The van der Waals surface area contributed by atoms with Crippen molar-refractivity contribution in [3.63, 3.8) is 0 Å². The van der Waals surface area contributed by atoms with Gasteiger partial charge in [-0.15, -0.1) is 0 Å². The molecule has 0 radical (unpaired) electrons. The Hall–Kier alpha value is -0.460. The summed E-state index contributed by atoms with van der Waals surface area (Å²) in [6.45, 7) is 2.12. The van der Waals surface area contributed by atoms with Crippen molar-refractivity contribution in [3.05, 3.63) is 11.3 Å². The molecule has 0 aliphatic heterocycles. The number of allylic oxidation sites excluding steroid dienone is 2. The van der Waals surface area contributed by atoms with Gasteiger partial charge in [0.05, 0.1) is 5.76 Å². The van der Waals surface area contributed by atoms with E-state index in [0.717, 1.165) is 12.8 Å². The molecule has 0 saturated heterocycles. The van der Waals surface area contributed by atoms with Gasteiger partial charge in [0.1, 0.15) is 0 Å². The molecule has 1 aliphatic carbocycles. The SMILES string of the molecule is CCCC1=C(O)C1. The van der Waals surface area contributed by atoms with Gasteiger partial charge < -0.3 is 5.11 Å². The fraction of sp³-hybridized carbons (Fsp3) is 0.667. The Bertz CT molecular complexity index is 103. The van der Waals surface area contributed by atoms with E-state index >= 15 is 0 Å². The minimum atomic E-state index is 0.641. The predicted molar refractivity (Wildman–Crippen MR) is 29.2 cm³/mol. The molecule has 0 saturated carbocycles. The average Bonchev–Trinajstić information content (AvgIpc) is 2.22. The van der Waals surface area contributed by atoms with Crippen LogP contribution in [-0.2, 0) is 0 Å². The van der Waals surface area contributed by atoms with E-state index in [1.165, 1.54) is 12.0 Å². The van der Waals surface area contributed by atoms with Gasteiger partial charge in [0.15, 0.2) is 0 Å². The van der Waals surface area contributed by atoms with Crippen LogP contribution in [0.4, 0.5) is 0 Å². The zero-order valence-electron chi connectivity index (χ0n) is 4.57. The first-order valence-corrected chi connectivity index (χ1v) is 2.74. The topological polar surface area (TPSA) is 20.2 Å². The average molecular weight is 98.1 g/mol. The van der Waals surface area contributed by atoms with Crippen molar-refractivity contribution in [2.75, 3.05) is 0 Å². The van der Waals surface area contributed by atoms with Crippen LogP contribution in [0.25, 0.3) is 0 Å². The molecule has 0 aromatic heterocycles. The predicted octanol–water partition coefficient (Wildman–Crippen LogP) is 2.00. The minimum absolute atomic E-state index is 0.641. The second-order valence-corrected chi connectivity index (χ2v) is 1.98. The van der Waals surface area contributed by atoms with Gasteiger partial charge in [-0.25, -0.2) is 0 Å². The van der Waals surface area contributed by atoms with Crippen molar-refractivity contribution in [1.82, 2.24) is 0 Å². The quantitative estimate of drug-likeness (QED) is 0.560. The van der Waals surface area contributed by atoms with E-state index in [9.17, 15) is 0 Å². The van der Waals surface area contributed by atoms with Crippen LogP contribution < -0.4 is 0 Å². The van der Waals surface area contributed by atoms with Gasteiger partial charge in [-0.2, -0.15) is 0 Å². The molecule has 0 atom stereocenters. The van der Waals surface area contributed by atoms with Crippen molar-refractivity contribution in [2.24, 2.45) is 0 Å². The van der Waals surface area contributed by atoms with Gasteiger partial charge >= 0.3 is 0 Å². The Morgan fingerprint density at radius 3 is 2.43 bits per heavy atom. The Morgan fingerprint density at radius 1 is 1.71 bits per heavy atom. The molecule has 0 spiro atoms. The van der Waals surface area contributed by atoms with Gasteiger partial charge in [-0.05, 0) is 12.0 Å². The zero-order chi connectivity index (χ0) is 5.28. The Balaban J connectivity index is 2.19. The van der Waals surface area contributed by atoms with Gasteiger partial charge in [-0.3, -0.25) is 0 Å². The molecule has 0 heterocycles. The maximum Gasteiger partial charge on any atom is 0.0960 e. The monoisotopic (exact) mass is 98.1 g/mol. The van der Waals surface area contributed by atoms with E-state index in [0.29, 0.717) is 5.76 Å². The molecule has 7 heavy (non-hydrogen) atoms. The van der Waals surface area contributed by atoms with E-state index in [1.54, 1.807) is 0 Å². The van der Waals surface area contributed by atoms with Crippen LogP contribution >= 0.6 is 0 Å². The molecule has 0 aromatic carbocycles. The minimum Gasteiger partial charge on any atom is -0.512 e. The lowest BCUT2D eigenvalue weighted by Gasteiger charge is -1.77. The summed E-state index contributed by atoms with van der Waals surface area (Å²) in [7, 11) is 0. The molecule has 1 heteroatoms. The smallest absolute Gasteiger partial charge is 0.0960 e. The number of aliphatic hydroxyl groups excluding tert-OH is 1. The van der Waals surface area contributed by atoms with E-state index in [-0.39, 0.29) is 0 Å². The fourth-order valence-electron chi connectivity index (χ4n) is 0.692. The second kappa shape index (κ2) is 1.57. The Morgan fingerprint density at radius 2 is 2.29 bits per heavy atom.